The lowest BCUT2D eigenvalue weighted by Crippen LogP contribution is -2.57. The second-order valence-electron chi connectivity index (χ2n) is 4.66. The Bertz CT molecular complexity index is 390. The number of β-amino-alcohol motifs (C(OH)–C–C–N with tert-alkyl or cyclic N) is 3. The smallest absolute Gasteiger partial charge is 0.394 e. The molecule has 0 aromatic rings. The number of nitrogens with zero attached hydrogens (tertiary/aromatic N) is 1. The van der Waals surface area contributed by atoms with Gasteiger partial charge in [0.2, 0.25) is 0 Å². The van der Waals surface area contributed by atoms with Gasteiger partial charge in [0.25, 0.3) is 0 Å². The first kappa shape index (κ1) is 17.7. The SMILES string of the molecule is O=S(=O)(O)O[C@H](CO)[C@@H](O)CN1C[C@@H](O)C(O)[C@@H](O)C1. The average Bonchev–Trinajstić information content (AvgIpc) is 2.31. The van der Waals surface area contributed by atoms with Crippen molar-refractivity contribution in [2.24, 2.45) is 0 Å². The van der Waals surface area contributed by atoms with E-state index in [1.165, 1.54) is 4.90 Å². The first-order valence-electron chi connectivity index (χ1n) is 5.85. The van der Waals surface area contributed by atoms with E-state index in [2.05, 4.69) is 4.18 Å². The standard InChI is InChI=1S/C9H19NO9S/c11-4-8(19-20(16,17)18)5(12)1-10-2-6(13)9(15)7(14)3-10/h5-9,11-15H,1-4H2,(H,16,17,18)/t5-,6-,7+,8+,9?/m0/s1. The summed E-state index contributed by atoms with van der Waals surface area (Å²) in [5.74, 6) is 0. The van der Waals surface area contributed by atoms with Crippen molar-refractivity contribution in [1.29, 1.82) is 0 Å². The van der Waals surface area contributed by atoms with Crippen LogP contribution in [0.1, 0.15) is 0 Å². The van der Waals surface area contributed by atoms with E-state index < -0.39 is 47.5 Å². The van der Waals surface area contributed by atoms with Crippen LogP contribution in [0.15, 0.2) is 0 Å². The lowest BCUT2D eigenvalue weighted by atomic mass is 10.0. The molecule has 1 rings (SSSR count). The Balaban J connectivity index is 2.58. The Kier molecular flexibility index (Phi) is 6.25. The van der Waals surface area contributed by atoms with E-state index in [-0.39, 0.29) is 19.6 Å². The molecule has 0 bridgehead atoms. The predicted octanol–water partition coefficient (Wildman–Crippen LogP) is -4.07. The fourth-order valence-corrected chi connectivity index (χ4v) is 2.48. The van der Waals surface area contributed by atoms with Gasteiger partial charge in [0.1, 0.15) is 12.2 Å². The van der Waals surface area contributed by atoms with Gasteiger partial charge >= 0.3 is 10.4 Å². The van der Waals surface area contributed by atoms with E-state index in [1.54, 1.807) is 0 Å². The first-order chi connectivity index (χ1) is 9.14. The van der Waals surface area contributed by atoms with E-state index >= 15 is 0 Å². The van der Waals surface area contributed by atoms with Crippen LogP contribution in [0.4, 0.5) is 0 Å². The zero-order chi connectivity index (χ0) is 15.5. The van der Waals surface area contributed by atoms with Gasteiger partial charge in [0.05, 0.1) is 24.9 Å². The fraction of sp³-hybridized carbons (Fsp3) is 1.00. The van der Waals surface area contributed by atoms with Crippen molar-refractivity contribution in [3.05, 3.63) is 0 Å². The largest absolute Gasteiger partial charge is 0.397 e. The second-order valence-corrected chi connectivity index (χ2v) is 5.70. The van der Waals surface area contributed by atoms with Crippen LogP contribution in [0.25, 0.3) is 0 Å². The highest BCUT2D eigenvalue weighted by atomic mass is 32.3. The summed E-state index contributed by atoms with van der Waals surface area (Å²) in [5, 5.41) is 46.9. The molecule has 1 unspecified atom stereocenters. The summed E-state index contributed by atoms with van der Waals surface area (Å²) in [6, 6.07) is 0. The molecule has 11 heteroatoms. The first-order valence-corrected chi connectivity index (χ1v) is 7.21. The lowest BCUT2D eigenvalue weighted by molar-refractivity contribution is -0.119. The second kappa shape index (κ2) is 7.06. The summed E-state index contributed by atoms with van der Waals surface area (Å²) in [5.41, 5.74) is 0. The Hall–Kier alpha value is -0.370. The van der Waals surface area contributed by atoms with Crippen LogP contribution >= 0.6 is 0 Å². The van der Waals surface area contributed by atoms with Crippen LogP contribution in [0, 0.1) is 0 Å². The number of hydrogen-bond donors (Lipinski definition) is 6. The van der Waals surface area contributed by atoms with Crippen molar-refractivity contribution in [3.8, 4) is 0 Å². The Morgan fingerprint density at radius 3 is 2.10 bits per heavy atom. The molecule has 0 aromatic heterocycles. The monoisotopic (exact) mass is 317 g/mol. The molecule has 1 aliphatic rings. The van der Waals surface area contributed by atoms with Crippen LogP contribution in [-0.4, -0.2) is 100 Å². The molecule has 0 amide bonds. The van der Waals surface area contributed by atoms with Gasteiger partial charge in [-0.2, -0.15) is 8.42 Å². The third kappa shape index (κ3) is 5.20. The van der Waals surface area contributed by atoms with Crippen LogP contribution < -0.4 is 0 Å². The zero-order valence-corrected chi connectivity index (χ0v) is 11.3. The predicted molar refractivity (Wildman–Crippen MR) is 64.0 cm³/mol. The summed E-state index contributed by atoms with van der Waals surface area (Å²) in [4.78, 5) is 1.36. The number of likely N-dealkylation sites (tertiary alicyclic amines) is 1. The normalized spacial score (nSPS) is 32.0. The topological polar surface area (TPSA) is 168 Å². The number of piperidine rings is 1. The van der Waals surface area contributed by atoms with Crippen LogP contribution in [0.2, 0.25) is 0 Å². The summed E-state index contributed by atoms with van der Waals surface area (Å²) in [6.07, 6.45) is -6.81. The van der Waals surface area contributed by atoms with Crippen molar-refractivity contribution < 1.29 is 42.7 Å². The zero-order valence-electron chi connectivity index (χ0n) is 10.5. The van der Waals surface area contributed by atoms with Crippen molar-refractivity contribution >= 4 is 10.4 Å². The molecule has 5 atom stereocenters. The molecule has 0 aromatic carbocycles. The molecule has 10 nitrogen and oxygen atoms in total. The van der Waals surface area contributed by atoms with Crippen molar-refractivity contribution in [1.82, 2.24) is 4.90 Å². The average molecular weight is 317 g/mol. The van der Waals surface area contributed by atoms with Gasteiger partial charge in [-0.1, -0.05) is 0 Å². The Morgan fingerprint density at radius 2 is 1.70 bits per heavy atom. The van der Waals surface area contributed by atoms with E-state index in [1.807, 2.05) is 0 Å². The lowest BCUT2D eigenvalue weighted by Gasteiger charge is -2.38. The summed E-state index contributed by atoms with van der Waals surface area (Å²) in [7, 11) is -4.83. The molecule has 1 heterocycles. The number of rotatable bonds is 6. The molecule has 120 valence electrons. The Morgan fingerprint density at radius 1 is 1.20 bits per heavy atom. The van der Waals surface area contributed by atoms with Crippen LogP contribution in [0.5, 0.6) is 0 Å². The van der Waals surface area contributed by atoms with Gasteiger partial charge in [-0.25, -0.2) is 4.18 Å². The molecule has 0 radical (unpaired) electrons. The van der Waals surface area contributed by atoms with Crippen LogP contribution in [-0.2, 0) is 14.6 Å². The fourth-order valence-electron chi connectivity index (χ4n) is 1.98. The highest BCUT2D eigenvalue weighted by molar-refractivity contribution is 7.80. The maximum absolute atomic E-state index is 10.5. The molecule has 1 fully saturated rings. The minimum absolute atomic E-state index is 0.0562. The molecular weight excluding hydrogens is 298 g/mol. The molecule has 1 aliphatic heterocycles. The van der Waals surface area contributed by atoms with Crippen molar-refractivity contribution in [2.45, 2.75) is 30.5 Å². The quantitative estimate of drug-likeness (QED) is 0.265. The third-order valence-corrected chi connectivity index (χ3v) is 3.47. The van der Waals surface area contributed by atoms with Gasteiger partial charge in [-0.15, -0.1) is 0 Å². The summed E-state index contributed by atoms with van der Waals surface area (Å²) in [6.45, 7) is -1.21. The minimum atomic E-state index is -4.83. The molecule has 6 N–H and O–H groups in total. The molecule has 0 spiro atoms. The van der Waals surface area contributed by atoms with Crippen molar-refractivity contribution in [2.75, 3.05) is 26.2 Å². The van der Waals surface area contributed by atoms with E-state index in [0.717, 1.165) is 0 Å². The van der Waals surface area contributed by atoms with Gasteiger partial charge in [0.15, 0.2) is 0 Å². The van der Waals surface area contributed by atoms with Gasteiger partial charge in [-0.05, 0) is 0 Å². The van der Waals surface area contributed by atoms with Crippen molar-refractivity contribution in [3.63, 3.8) is 0 Å². The molecule has 20 heavy (non-hydrogen) atoms. The third-order valence-electron chi connectivity index (χ3n) is 2.98. The summed E-state index contributed by atoms with van der Waals surface area (Å²) < 4.78 is 33.6. The molecular formula is C9H19NO9S. The van der Waals surface area contributed by atoms with Gasteiger partial charge < -0.3 is 25.5 Å². The van der Waals surface area contributed by atoms with E-state index in [9.17, 15) is 28.8 Å². The maximum atomic E-state index is 10.5. The highest BCUT2D eigenvalue weighted by Gasteiger charge is 2.35. The molecule has 1 saturated heterocycles. The number of aliphatic hydroxyl groups excluding tert-OH is 5. The maximum Gasteiger partial charge on any atom is 0.397 e. The summed E-state index contributed by atoms with van der Waals surface area (Å²) >= 11 is 0. The number of aliphatic hydroxyl groups is 5. The Labute approximate surface area is 115 Å². The highest BCUT2D eigenvalue weighted by Crippen LogP contribution is 2.14. The van der Waals surface area contributed by atoms with E-state index in [0.29, 0.717) is 0 Å². The molecule has 0 aliphatic carbocycles. The number of hydrogen-bond acceptors (Lipinski definition) is 9. The van der Waals surface area contributed by atoms with Gasteiger partial charge in [0, 0.05) is 19.6 Å². The van der Waals surface area contributed by atoms with E-state index in [4.69, 9.17) is 9.66 Å². The van der Waals surface area contributed by atoms with Gasteiger partial charge in [-0.3, -0.25) is 9.45 Å². The minimum Gasteiger partial charge on any atom is -0.394 e. The molecule has 0 saturated carbocycles. The van der Waals surface area contributed by atoms with Crippen LogP contribution in [0.3, 0.4) is 0 Å².